The lowest BCUT2D eigenvalue weighted by Crippen LogP contribution is -2.50. The smallest absolute Gasteiger partial charge is 0.232 e. The van der Waals surface area contributed by atoms with Crippen LogP contribution in [-0.2, 0) is 15.3 Å². The molecule has 1 fully saturated rings. The van der Waals surface area contributed by atoms with Crippen LogP contribution in [0.25, 0.3) is 0 Å². The zero-order valence-electron chi connectivity index (χ0n) is 14.8. The summed E-state index contributed by atoms with van der Waals surface area (Å²) in [4.78, 5) is 26.1. The lowest BCUT2D eigenvalue weighted by Gasteiger charge is -2.33. The number of rotatable bonds is 6. The van der Waals surface area contributed by atoms with E-state index in [2.05, 4.69) is 11.4 Å². The molecule has 0 aromatic heterocycles. The molecule has 1 N–H and O–H groups in total. The Kier molecular flexibility index (Phi) is 7.32. The average molecular weight is 359 g/mol. The minimum Gasteiger partial charge on any atom is -0.351 e. The molecule has 0 bridgehead atoms. The predicted molar refractivity (Wildman–Crippen MR) is 99.9 cm³/mol. The number of amides is 2. The summed E-state index contributed by atoms with van der Waals surface area (Å²) in [5, 5.41) is 11.8. The highest BCUT2D eigenvalue weighted by atomic mass is 32.2. The molecule has 0 spiro atoms. The number of piperidine rings is 1. The Morgan fingerprint density at radius 3 is 2.72 bits per heavy atom. The second-order valence-electron chi connectivity index (χ2n) is 6.64. The van der Waals surface area contributed by atoms with E-state index in [-0.39, 0.29) is 23.8 Å². The standard InChI is InChI=1S/C19H25N3O2S/c1-14(2)19(24)21-17-4-3-9-22(11-17)18(23)13-25-12-16-7-5-15(10-20)6-8-16/h5-8,14,17H,3-4,9,11-13H2,1-2H3,(H,21,24). The van der Waals surface area contributed by atoms with Crippen molar-refractivity contribution in [2.45, 2.75) is 38.5 Å². The topological polar surface area (TPSA) is 73.2 Å². The van der Waals surface area contributed by atoms with E-state index >= 15 is 0 Å². The summed E-state index contributed by atoms with van der Waals surface area (Å²) in [6, 6.07) is 9.61. The molecule has 1 heterocycles. The molecule has 1 aliphatic heterocycles. The van der Waals surface area contributed by atoms with Crippen LogP contribution < -0.4 is 5.32 Å². The van der Waals surface area contributed by atoms with E-state index in [0.717, 1.165) is 30.7 Å². The van der Waals surface area contributed by atoms with Crippen molar-refractivity contribution in [3.05, 3.63) is 35.4 Å². The molecular formula is C19H25N3O2S. The van der Waals surface area contributed by atoms with E-state index in [0.29, 0.717) is 17.9 Å². The van der Waals surface area contributed by atoms with Crippen molar-refractivity contribution < 1.29 is 9.59 Å². The fraction of sp³-hybridized carbons (Fsp3) is 0.526. The van der Waals surface area contributed by atoms with Gasteiger partial charge in [-0.1, -0.05) is 26.0 Å². The van der Waals surface area contributed by atoms with E-state index in [1.165, 1.54) is 0 Å². The lowest BCUT2D eigenvalue weighted by molar-refractivity contribution is -0.131. The molecule has 0 radical (unpaired) electrons. The molecule has 5 nitrogen and oxygen atoms in total. The van der Waals surface area contributed by atoms with Crippen molar-refractivity contribution in [3.63, 3.8) is 0 Å². The molecule has 134 valence electrons. The average Bonchev–Trinajstić information content (AvgIpc) is 2.62. The van der Waals surface area contributed by atoms with Crippen molar-refractivity contribution >= 4 is 23.6 Å². The summed E-state index contributed by atoms with van der Waals surface area (Å²) >= 11 is 1.58. The minimum absolute atomic E-state index is 0.0333. The van der Waals surface area contributed by atoms with E-state index in [4.69, 9.17) is 5.26 Å². The molecule has 0 saturated carbocycles. The van der Waals surface area contributed by atoms with Crippen LogP contribution in [0, 0.1) is 17.2 Å². The number of nitrogens with one attached hydrogen (secondary N) is 1. The molecular weight excluding hydrogens is 334 g/mol. The van der Waals surface area contributed by atoms with E-state index in [9.17, 15) is 9.59 Å². The summed E-state index contributed by atoms with van der Waals surface area (Å²) in [5.41, 5.74) is 1.75. The van der Waals surface area contributed by atoms with Gasteiger partial charge in [0.05, 0.1) is 17.4 Å². The van der Waals surface area contributed by atoms with Gasteiger partial charge < -0.3 is 10.2 Å². The summed E-state index contributed by atoms with van der Waals surface area (Å²) in [7, 11) is 0. The fourth-order valence-electron chi connectivity index (χ4n) is 2.71. The number of hydrogen-bond donors (Lipinski definition) is 1. The number of nitrogens with zero attached hydrogens (tertiary/aromatic N) is 2. The van der Waals surface area contributed by atoms with Crippen molar-refractivity contribution in [2.75, 3.05) is 18.8 Å². The quantitative estimate of drug-likeness (QED) is 0.847. The Labute approximate surface area is 153 Å². The van der Waals surface area contributed by atoms with Gasteiger partial charge in [0, 0.05) is 30.8 Å². The van der Waals surface area contributed by atoms with Gasteiger partial charge >= 0.3 is 0 Å². The third-order valence-corrected chi connectivity index (χ3v) is 5.21. The minimum atomic E-state index is -0.0333. The van der Waals surface area contributed by atoms with Gasteiger partial charge in [0.25, 0.3) is 0 Å². The van der Waals surface area contributed by atoms with Gasteiger partial charge in [-0.15, -0.1) is 11.8 Å². The molecule has 1 aromatic rings. The monoisotopic (exact) mass is 359 g/mol. The highest BCUT2D eigenvalue weighted by Gasteiger charge is 2.25. The van der Waals surface area contributed by atoms with Gasteiger partial charge in [0.15, 0.2) is 0 Å². The molecule has 0 aliphatic carbocycles. The summed E-state index contributed by atoms with van der Waals surface area (Å²) in [5.74, 6) is 1.33. The van der Waals surface area contributed by atoms with Crippen LogP contribution in [0.3, 0.4) is 0 Å². The third kappa shape index (κ3) is 6.09. The van der Waals surface area contributed by atoms with E-state index in [1.807, 2.05) is 30.9 Å². The van der Waals surface area contributed by atoms with Gasteiger partial charge in [-0.25, -0.2) is 0 Å². The van der Waals surface area contributed by atoms with Crippen LogP contribution in [0.2, 0.25) is 0 Å². The van der Waals surface area contributed by atoms with E-state index in [1.54, 1.807) is 23.9 Å². The van der Waals surface area contributed by atoms with Crippen molar-refractivity contribution in [3.8, 4) is 6.07 Å². The van der Waals surface area contributed by atoms with Crippen LogP contribution in [0.4, 0.5) is 0 Å². The predicted octanol–water partition coefficient (Wildman–Crippen LogP) is 2.55. The van der Waals surface area contributed by atoms with Gasteiger partial charge in [-0.05, 0) is 30.5 Å². The van der Waals surface area contributed by atoms with Gasteiger partial charge in [0.2, 0.25) is 11.8 Å². The van der Waals surface area contributed by atoms with Crippen LogP contribution in [0.15, 0.2) is 24.3 Å². The maximum Gasteiger partial charge on any atom is 0.232 e. The first kappa shape index (κ1) is 19.3. The van der Waals surface area contributed by atoms with Crippen LogP contribution in [0.5, 0.6) is 0 Å². The molecule has 2 rings (SSSR count). The third-order valence-electron chi connectivity index (χ3n) is 4.22. The van der Waals surface area contributed by atoms with Crippen LogP contribution >= 0.6 is 11.8 Å². The Bertz CT molecular complexity index is 637. The maximum absolute atomic E-state index is 12.4. The van der Waals surface area contributed by atoms with Crippen molar-refractivity contribution in [1.29, 1.82) is 5.26 Å². The number of carbonyl (C=O) groups is 2. The second kappa shape index (κ2) is 9.47. The first-order chi connectivity index (χ1) is 12.0. The Balaban J connectivity index is 1.76. The second-order valence-corrected chi connectivity index (χ2v) is 7.63. The first-order valence-electron chi connectivity index (χ1n) is 8.64. The Morgan fingerprint density at radius 2 is 2.08 bits per heavy atom. The molecule has 1 unspecified atom stereocenters. The normalized spacial score (nSPS) is 17.2. The van der Waals surface area contributed by atoms with Gasteiger partial charge in [-0.3, -0.25) is 9.59 Å². The number of benzene rings is 1. The highest BCUT2D eigenvalue weighted by molar-refractivity contribution is 7.99. The fourth-order valence-corrected chi connectivity index (χ4v) is 3.60. The van der Waals surface area contributed by atoms with Gasteiger partial charge in [0.1, 0.15) is 0 Å². The molecule has 1 aromatic carbocycles. The number of likely N-dealkylation sites (tertiary alicyclic amines) is 1. The van der Waals surface area contributed by atoms with Crippen molar-refractivity contribution in [1.82, 2.24) is 10.2 Å². The lowest BCUT2D eigenvalue weighted by atomic mass is 10.0. The van der Waals surface area contributed by atoms with Crippen LogP contribution in [-0.4, -0.2) is 41.6 Å². The Morgan fingerprint density at radius 1 is 1.36 bits per heavy atom. The SMILES string of the molecule is CC(C)C(=O)NC1CCCN(C(=O)CSCc2ccc(C#N)cc2)C1. The maximum atomic E-state index is 12.4. The summed E-state index contributed by atoms with van der Waals surface area (Å²) < 4.78 is 0. The summed E-state index contributed by atoms with van der Waals surface area (Å²) in [6.07, 6.45) is 1.86. The highest BCUT2D eigenvalue weighted by Crippen LogP contribution is 2.16. The van der Waals surface area contributed by atoms with E-state index < -0.39 is 0 Å². The summed E-state index contributed by atoms with van der Waals surface area (Å²) in [6.45, 7) is 5.13. The molecule has 1 saturated heterocycles. The van der Waals surface area contributed by atoms with Gasteiger partial charge in [-0.2, -0.15) is 5.26 Å². The van der Waals surface area contributed by atoms with Crippen molar-refractivity contribution in [2.24, 2.45) is 5.92 Å². The molecule has 1 aliphatic rings. The zero-order chi connectivity index (χ0) is 18.2. The molecule has 25 heavy (non-hydrogen) atoms. The number of hydrogen-bond acceptors (Lipinski definition) is 4. The molecule has 6 heteroatoms. The number of thioether (sulfide) groups is 1. The molecule has 1 atom stereocenters. The largest absolute Gasteiger partial charge is 0.351 e. The molecule has 2 amide bonds. The Hall–Kier alpha value is -2.00. The van der Waals surface area contributed by atoms with Crippen LogP contribution in [0.1, 0.15) is 37.8 Å². The zero-order valence-corrected chi connectivity index (χ0v) is 15.6. The number of carbonyl (C=O) groups excluding carboxylic acids is 2. The first-order valence-corrected chi connectivity index (χ1v) is 9.80. The number of nitriles is 1.